The summed E-state index contributed by atoms with van der Waals surface area (Å²) in [5, 5.41) is 3.81. The molecular weight excluding hydrogens is 154 g/mol. The van der Waals surface area contributed by atoms with Gasteiger partial charge in [0.15, 0.2) is 0 Å². The van der Waals surface area contributed by atoms with Crippen LogP contribution in [0.25, 0.3) is 0 Å². The molecule has 0 fully saturated rings. The predicted octanol–water partition coefficient (Wildman–Crippen LogP) is 0.979. The molecule has 2 N–H and O–H groups in total. The van der Waals surface area contributed by atoms with Crippen LogP contribution >= 0.6 is 0 Å². The van der Waals surface area contributed by atoms with Crippen molar-refractivity contribution in [2.24, 2.45) is 5.73 Å². The third-order valence-corrected chi connectivity index (χ3v) is 1.83. The van der Waals surface area contributed by atoms with E-state index in [1.807, 2.05) is 6.07 Å². The van der Waals surface area contributed by atoms with Gasteiger partial charge < -0.3 is 15.2 Å². The molecule has 0 aliphatic rings. The Morgan fingerprint density at radius 2 is 2.17 bits per heavy atom. The van der Waals surface area contributed by atoms with Gasteiger partial charge in [0.25, 0.3) is 0 Å². The zero-order chi connectivity index (χ0) is 8.97. The average molecular weight is 169 g/mol. The van der Waals surface area contributed by atoms with Gasteiger partial charge in [0.2, 0.25) is 5.88 Å². The number of hydrogen-bond acceptors (Lipinski definition) is 4. The van der Waals surface area contributed by atoms with Crippen LogP contribution in [0.1, 0.15) is 19.5 Å². The van der Waals surface area contributed by atoms with Crippen LogP contribution in [0.15, 0.2) is 10.6 Å². The van der Waals surface area contributed by atoms with Crippen LogP contribution in [-0.4, -0.2) is 18.2 Å². The van der Waals surface area contributed by atoms with Gasteiger partial charge in [-0.1, -0.05) is 5.16 Å². The number of nitrogens with two attached hydrogens (primary N) is 1. The van der Waals surface area contributed by atoms with Crippen LogP contribution in [0.3, 0.4) is 0 Å². The maximum absolute atomic E-state index is 5.41. The van der Waals surface area contributed by atoms with Crippen molar-refractivity contribution in [2.45, 2.75) is 20.4 Å². The van der Waals surface area contributed by atoms with E-state index >= 15 is 0 Å². The molecule has 0 amide bonds. The molecule has 1 aromatic rings. The minimum absolute atomic E-state index is 0.435. The number of nitrogens with zero attached hydrogens (tertiary/aromatic N) is 2. The van der Waals surface area contributed by atoms with Crippen molar-refractivity contribution in [3.05, 3.63) is 11.8 Å². The van der Waals surface area contributed by atoms with E-state index in [4.69, 9.17) is 10.3 Å². The molecule has 0 atom stereocenters. The second-order valence-corrected chi connectivity index (χ2v) is 2.53. The Bertz CT molecular complexity index is 230. The Morgan fingerprint density at radius 3 is 2.58 bits per heavy atom. The summed E-state index contributed by atoms with van der Waals surface area (Å²) in [5.74, 6) is 0.806. The van der Waals surface area contributed by atoms with Crippen molar-refractivity contribution in [3.63, 3.8) is 0 Å². The molecule has 68 valence electrons. The minimum atomic E-state index is 0.435. The van der Waals surface area contributed by atoms with Gasteiger partial charge >= 0.3 is 0 Å². The van der Waals surface area contributed by atoms with E-state index in [0.717, 1.165) is 24.7 Å². The largest absolute Gasteiger partial charge is 0.341 e. The molecule has 0 saturated heterocycles. The lowest BCUT2D eigenvalue weighted by Gasteiger charge is -2.15. The van der Waals surface area contributed by atoms with E-state index in [-0.39, 0.29) is 0 Å². The molecule has 0 radical (unpaired) electrons. The van der Waals surface area contributed by atoms with Crippen molar-refractivity contribution >= 4 is 5.88 Å². The van der Waals surface area contributed by atoms with E-state index in [0.29, 0.717) is 6.54 Å². The summed E-state index contributed by atoms with van der Waals surface area (Å²) in [6, 6.07) is 1.88. The standard InChI is InChI=1S/C8H15N3O/c1-3-11(4-2)8-5-7(6-9)10-12-8/h5H,3-4,6,9H2,1-2H3. The van der Waals surface area contributed by atoms with Gasteiger partial charge in [-0.25, -0.2) is 0 Å². The first-order chi connectivity index (χ1) is 5.81. The normalized spacial score (nSPS) is 10.2. The van der Waals surface area contributed by atoms with E-state index < -0.39 is 0 Å². The summed E-state index contributed by atoms with van der Waals surface area (Å²) in [5.41, 5.74) is 6.21. The molecule has 4 nitrogen and oxygen atoms in total. The Morgan fingerprint density at radius 1 is 1.50 bits per heavy atom. The first-order valence-electron chi connectivity index (χ1n) is 4.22. The Hall–Kier alpha value is -1.03. The highest BCUT2D eigenvalue weighted by Gasteiger charge is 2.07. The summed E-state index contributed by atoms with van der Waals surface area (Å²) >= 11 is 0. The fraction of sp³-hybridized carbons (Fsp3) is 0.625. The quantitative estimate of drug-likeness (QED) is 0.730. The highest BCUT2D eigenvalue weighted by molar-refractivity contribution is 5.35. The smallest absolute Gasteiger partial charge is 0.227 e. The number of aromatic nitrogens is 1. The van der Waals surface area contributed by atoms with Gasteiger partial charge in [0.05, 0.1) is 5.69 Å². The lowest BCUT2D eigenvalue weighted by Crippen LogP contribution is -2.21. The van der Waals surface area contributed by atoms with Crippen molar-refractivity contribution in [1.82, 2.24) is 5.16 Å². The van der Waals surface area contributed by atoms with Gasteiger partial charge in [0.1, 0.15) is 0 Å². The summed E-state index contributed by atoms with van der Waals surface area (Å²) in [6.45, 7) is 6.44. The maximum Gasteiger partial charge on any atom is 0.227 e. The zero-order valence-electron chi connectivity index (χ0n) is 7.58. The first-order valence-corrected chi connectivity index (χ1v) is 4.22. The van der Waals surface area contributed by atoms with E-state index in [1.54, 1.807) is 0 Å². The van der Waals surface area contributed by atoms with Crippen LogP contribution in [-0.2, 0) is 6.54 Å². The molecule has 0 aromatic carbocycles. The molecule has 0 unspecified atom stereocenters. The summed E-state index contributed by atoms with van der Waals surface area (Å²) in [6.07, 6.45) is 0. The lowest BCUT2D eigenvalue weighted by atomic mass is 10.4. The fourth-order valence-corrected chi connectivity index (χ4v) is 1.08. The van der Waals surface area contributed by atoms with Crippen molar-refractivity contribution in [3.8, 4) is 0 Å². The second kappa shape index (κ2) is 4.11. The SMILES string of the molecule is CCN(CC)c1cc(CN)no1. The highest BCUT2D eigenvalue weighted by atomic mass is 16.5. The van der Waals surface area contributed by atoms with Crippen molar-refractivity contribution in [1.29, 1.82) is 0 Å². The number of hydrogen-bond donors (Lipinski definition) is 1. The first kappa shape index (κ1) is 9.06. The molecule has 4 heteroatoms. The third-order valence-electron chi connectivity index (χ3n) is 1.83. The summed E-state index contributed by atoms with van der Waals surface area (Å²) in [4.78, 5) is 2.09. The number of rotatable bonds is 4. The van der Waals surface area contributed by atoms with Gasteiger partial charge in [-0.2, -0.15) is 0 Å². The molecular formula is C8H15N3O. The third kappa shape index (κ3) is 1.76. The molecule has 0 saturated carbocycles. The monoisotopic (exact) mass is 169 g/mol. The molecule has 0 spiro atoms. The molecule has 0 aliphatic heterocycles. The molecule has 1 heterocycles. The van der Waals surface area contributed by atoms with Crippen LogP contribution in [0.4, 0.5) is 5.88 Å². The zero-order valence-corrected chi connectivity index (χ0v) is 7.58. The van der Waals surface area contributed by atoms with E-state index in [1.165, 1.54) is 0 Å². The van der Waals surface area contributed by atoms with Gasteiger partial charge in [-0.3, -0.25) is 0 Å². The van der Waals surface area contributed by atoms with Crippen LogP contribution in [0.5, 0.6) is 0 Å². The Balaban J connectivity index is 2.72. The minimum Gasteiger partial charge on any atom is -0.341 e. The van der Waals surface area contributed by atoms with Gasteiger partial charge in [-0.15, -0.1) is 0 Å². The molecule has 0 bridgehead atoms. The highest BCUT2D eigenvalue weighted by Crippen LogP contribution is 2.14. The summed E-state index contributed by atoms with van der Waals surface area (Å²) < 4.78 is 5.10. The predicted molar refractivity (Wildman–Crippen MR) is 48.0 cm³/mol. The molecule has 1 rings (SSSR count). The number of anilines is 1. The summed E-state index contributed by atoms with van der Waals surface area (Å²) in [7, 11) is 0. The Labute approximate surface area is 72.3 Å². The topological polar surface area (TPSA) is 55.3 Å². The van der Waals surface area contributed by atoms with E-state index in [9.17, 15) is 0 Å². The fourth-order valence-electron chi connectivity index (χ4n) is 1.08. The Kier molecular flexibility index (Phi) is 3.10. The average Bonchev–Trinajstić information content (AvgIpc) is 2.55. The van der Waals surface area contributed by atoms with Crippen molar-refractivity contribution in [2.75, 3.05) is 18.0 Å². The lowest BCUT2D eigenvalue weighted by molar-refractivity contribution is 0.410. The van der Waals surface area contributed by atoms with Crippen molar-refractivity contribution < 1.29 is 4.52 Å². The second-order valence-electron chi connectivity index (χ2n) is 2.53. The van der Waals surface area contributed by atoms with Crippen LogP contribution in [0, 0.1) is 0 Å². The van der Waals surface area contributed by atoms with E-state index in [2.05, 4.69) is 23.9 Å². The van der Waals surface area contributed by atoms with Gasteiger partial charge in [0, 0.05) is 25.7 Å². The molecule has 0 aliphatic carbocycles. The molecule has 1 aromatic heterocycles. The van der Waals surface area contributed by atoms with Gasteiger partial charge in [-0.05, 0) is 13.8 Å². The van der Waals surface area contributed by atoms with Crippen LogP contribution < -0.4 is 10.6 Å². The van der Waals surface area contributed by atoms with Crippen LogP contribution in [0.2, 0.25) is 0 Å². The maximum atomic E-state index is 5.41. The molecule has 12 heavy (non-hydrogen) atoms.